The molecule has 0 aliphatic carbocycles. The molecule has 1 aromatic heterocycles. The van der Waals surface area contributed by atoms with E-state index in [9.17, 15) is 0 Å². The number of nitrogens with zero attached hydrogens (tertiary/aromatic N) is 2. The third kappa shape index (κ3) is 6.13. The predicted molar refractivity (Wildman–Crippen MR) is 68.9 cm³/mol. The van der Waals surface area contributed by atoms with Gasteiger partial charge in [-0.3, -0.25) is 4.68 Å². The zero-order valence-corrected chi connectivity index (χ0v) is 10.8. The van der Waals surface area contributed by atoms with E-state index in [2.05, 4.69) is 17.3 Å². The number of rotatable bonds is 9. The van der Waals surface area contributed by atoms with E-state index < -0.39 is 0 Å². The average Bonchev–Trinajstić information content (AvgIpc) is 2.68. The van der Waals surface area contributed by atoms with E-state index in [1.165, 1.54) is 32.1 Å². The first-order chi connectivity index (χ1) is 7.83. The number of nitrogens with one attached hydrogen (secondary N) is 1. The van der Waals surface area contributed by atoms with Crippen molar-refractivity contribution in [3.05, 3.63) is 17.4 Å². The van der Waals surface area contributed by atoms with Crippen LogP contribution in [0.5, 0.6) is 0 Å². The molecular weight excluding hydrogens is 222 g/mol. The molecule has 16 heavy (non-hydrogen) atoms. The van der Waals surface area contributed by atoms with Crippen molar-refractivity contribution in [3.63, 3.8) is 0 Å². The second kappa shape index (κ2) is 8.59. The van der Waals surface area contributed by atoms with Crippen LogP contribution in [-0.2, 0) is 6.54 Å². The monoisotopic (exact) mass is 243 g/mol. The van der Waals surface area contributed by atoms with Crippen molar-refractivity contribution in [2.75, 3.05) is 13.1 Å². The number of halogens is 1. The molecule has 0 spiro atoms. The van der Waals surface area contributed by atoms with Gasteiger partial charge in [0.1, 0.15) is 0 Å². The van der Waals surface area contributed by atoms with Crippen molar-refractivity contribution in [1.29, 1.82) is 0 Å². The molecule has 0 amide bonds. The SMILES string of the molecule is CCCNCCCCCCn1cc(Cl)cn1. The number of hydrogen-bond donors (Lipinski definition) is 1. The van der Waals surface area contributed by atoms with Gasteiger partial charge in [0.25, 0.3) is 0 Å². The highest BCUT2D eigenvalue weighted by molar-refractivity contribution is 6.30. The molecule has 0 saturated carbocycles. The minimum atomic E-state index is 0.726. The molecule has 0 atom stereocenters. The molecule has 0 saturated heterocycles. The van der Waals surface area contributed by atoms with Gasteiger partial charge < -0.3 is 5.32 Å². The molecule has 92 valence electrons. The summed E-state index contributed by atoms with van der Waals surface area (Å²) in [4.78, 5) is 0. The third-order valence-corrected chi connectivity index (χ3v) is 2.71. The lowest BCUT2D eigenvalue weighted by molar-refractivity contribution is 0.524. The number of hydrogen-bond acceptors (Lipinski definition) is 2. The maximum atomic E-state index is 5.78. The quantitative estimate of drug-likeness (QED) is 0.676. The van der Waals surface area contributed by atoms with E-state index in [0.717, 1.165) is 24.7 Å². The molecule has 0 aliphatic heterocycles. The van der Waals surface area contributed by atoms with E-state index >= 15 is 0 Å². The first kappa shape index (κ1) is 13.5. The first-order valence-electron chi connectivity index (χ1n) is 6.21. The molecule has 0 unspecified atom stereocenters. The summed E-state index contributed by atoms with van der Waals surface area (Å²) in [7, 11) is 0. The summed E-state index contributed by atoms with van der Waals surface area (Å²) in [5.41, 5.74) is 0. The molecule has 4 heteroatoms. The van der Waals surface area contributed by atoms with Gasteiger partial charge >= 0.3 is 0 Å². The molecule has 0 aliphatic rings. The molecule has 1 heterocycles. The number of aryl methyl sites for hydroxylation is 1. The van der Waals surface area contributed by atoms with Crippen LogP contribution >= 0.6 is 11.6 Å². The largest absolute Gasteiger partial charge is 0.317 e. The highest BCUT2D eigenvalue weighted by atomic mass is 35.5. The van der Waals surface area contributed by atoms with Crippen molar-refractivity contribution in [2.45, 2.75) is 45.6 Å². The van der Waals surface area contributed by atoms with Crippen molar-refractivity contribution < 1.29 is 0 Å². The Labute approximate surface area is 103 Å². The molecule has 1 rings (SSSR count). The van der Waals surface area contributed by atoms with Gasteiger partial charge in [-0.15, -0.1) is 0 Å². The lowest BCUT2D eigenvalue weighted by atomic mass is 10.2. The van der Waals surface area contributed by atoms with E-state index in [1.54, 1.807) is 6.20 Å². The Balaban J connectivity index is 1.88. The Morgan fingerprint density at radius 1 is 1.25 bits per heavy atom. The van der Waals surface area contributed by atoms with Gasteiger partial charge in [-0.1, -0.05) is 31.4 Å². The van der Waals surface area contributed by atoms with Gasteiger partial charge in [0.2, 0.25) is 0 Å². The Morgan fingerprint density at radius 3 is 2.75 bits per heavy atom. The van der Waals surface area contributed by atoms with Gasteiger partial charge in [-0.05, 0) is 32.4 Å². The Bertz CT molecular complexity index is 273. The lowest BCUT2D eigenvalue weighted by Crippen LogP contribution is -2.15. The Hall–Kier alpha value is -0.540. The second-order valence-electron chi connectivity index (χ2n) is 4.09. The van der Waals surface area contributed by atoms with Crippen LogP contribution in [0, 0.1) is 0 Å². The van der Waals surface area contributed by atoms with Crippen LogP contribution in [-0.4, -0.2) is 22.9 Å². The number of unbranched alkanes of at least 4 members (excludes halogenated alkanes) is 3. The maximum absolute atomic E-state index is 5.78. The Morgan fingerprint density at radius 2 is 2.06 bits per heavy atom. The van der Waals surface area contributed by atoms with Crippen molar-refractivity contribution in [1.82, 2.24) is 15.1 Å². The highest BCUT2D eigenvalue weighted by Gasteiger charge is 1.95. The molecule has 1 aromatic rings. The highest BCUT2D eigenvalue weighted by Crippen LogP contribution is 2.06. The van der Waals surface area contributed by atoms with Gasteiger partial charge in [0, 0.05) is 12.7 Å². The summed E-state index contributed by atoms with van der Waals surface area (Å²) in [6.07, 6.45) is 9.82. The summed E-state index contributed by atoms with van der Waals surface area (Å²) in [6.45, 7) is 5.48. The van der Waals surface area contributed by atoms with E-state index in [-0.39, 0.29) is 0 Å². The predicted octanol–water partition coefficient (Wildman–Crippen LogP) is 3.10. The van der Waals surface area contributed by atoms with Crippen molar-refractivity contribution in [3.8, 4) is 0 Å². The fourth-order valence-electron chi connectivity index (χ4n) is 1.64. The van der Waals surface area contributed by atoms with E-state index in [0.29, 0.717) is 0 Å². The van der Waals surface area contributed by atoms with Gasteiger partial charge in [-0.25, -0.2) is 0 Å². The zero-order valence-electron chi connectivity index (χ0n) is 10.1. The normalized spacial score (nSPS) is 10.9. The zero-order chi connectivity index (χ0) is 11.6. The van der Waals surface area contributed by atoms with E-state index in [4.69, 9.17) is 11.6 Å². The second-order valence-corrected chi connectivity index (χ2v) is 4.52. The summed E-state index contributed by atoms with van der Waals surface area (Å²) in [5, 5.41) is 8.28. The molecule has 0 aromatic carbocycles. The van der Waals surface area contributed by atoms with Crippen LogP contribution in [0.1, 0.15) is 39.0 Å². The molecule has 0 radical (unpaired) electrons. The van der Waals surface area contributed by atoms with Crippen LogP contribution < -0.4 is 5.32 Å². The van der Waals surface area contributed by atoms with Gasteiger partial charge in [0.15, 0.2) is 0 Å². The smallest absolute Gasteiger partial charge is 0.0785 e. The summed E-state index contributed by atoms with van der Waals surface area (Å²) in [6, 6.07) is 0. The summed E-state index contributed by atoms with van der Waals surface area (Å²) < 4.78 is 1.91. The molecule has 1 N–H and O–H groups in total. The van der Waals surface area contributed by atoms with Crippen LogP contribution in [0.2, 0.25) is 5.02 Å². The molecule has 3 nitrogen and oxygen atoms in total. The summed E-state index contributed by atoms with van der Waals surface area (Å²) >= 11 is 5.78. The molecule has 0 fully saturated rings. The minimum Gasteiger partial charge on any atom is -0.317 e. The minimum absolute atomic E-state index is 0.726. The van der Waals surface area contributed by atoms with Crippen molar-refractivity contribution in [2.24, 2.45) is 0 Å². The van der Waals surface area contributed by atoms with Gasteiger partial charge in [-0.2, -0.15) is 5.10 Å². The molecule has 0 bridgehead atoms. The first-order valence-corrected chi connectivity index (χ1v) is 6.59. The summed E-state index contributed by atoms with van der Waals surface area (Å²) in [5.74, 6) is 0. The van der Waals surface area contributed by atoms with Crippen LogP contribution in [0.4, 0.5) is 0 Å². The van der Waals surface area contributed by atoms with Crippen molar-refractivity contribution >= 4 is 11.6 Å². The molecular formula is C12H22ClN3. The average molecular weight is 244 g/mol. The number of aromatic nitrogens is 2. The van der Waals surface area contributed by atoms with E-state index in [1.807, 2.05) is 10.9 Å². The van der Waals surface area contributed by atoms with Gasteiger partial charge in [0.05, 0.1) is 11.2 Å². The van der Waals surface area contributed by atoms with Crippen LogP contribution in [0.15, 0.2) is 12.4 Å². The maximum Gasteiger partial charge on any atom is 0.0785 e. The lowest BCUT2D eigenvalue weighted by Gasteiger charge is -2.03. The van der Waals surface area contributed by atoms with Crippen LogP contribution in [0.3, 0.4) is 0 Å². The topological polar surface area (TPSA) is 29.9 Å². The Kier molecular flexibility index (Phi) is 7.26. The third-order valence-electron chi connectivity index (χ3n) is 2.52. The van der Waals surface area contributed by atoms with Crippen LogP contribution in [0.25, 0.3) is 0 Å². The fraction of sp³-hybridized carbons (Fsp3) is 0.750. The fourth-order valence-corrected chi connectivity index (χ4v) is 1.80. The standard InChI is InChI=1S/C12H22ClN3/c1-2-7-14-8-5-3-4-6-9-16-11-12(13)10-15-16/h10-11,14H,2-9H2,1H3.